The van der Waals surface area contributed by atoms with Gasteiger partial charge in [-0.3, -0.25) is 4.79 Å². The molecule has 0 aromatic heterocycles. The van der Waals surface area contributed by atoms with Gasteiger partial charge >= 0.3 is 0 Å². The van der Waals surface area contributed by atoms with Crippen LogP contribution in [0.25, 0.3) is 0 Å². The Balaban J connectivity index is 1.86. The minimum atomic E-state index is -0.865. The molecule has 1 aliphatic carbocycles. The van der Waals surface area contributed by atoms with Gasteiger partial charge in [0.2, 0.25) is 0 Å². The lowest BCUT2D eigenvalue weighted by molar-refractivity contribution is -0.240. The van der Waals surface area contributed by atoms with Crippen molar-refractivity contribution in [1.82, 2.24) is 0 Å². The quantitative estimate of drug-likeness (QED) is 0.860. The molecule has 3 fully saturated rings. The lowest BCUT2D eigenvalue weighted by Gasteiger charge is -2.56. The second kappa shape index (κ2) is 5.66. The lowest BCUT2D eigenvalue weighted by Crippen LogP contribution is -2.72. The molecule has 23 heavy (non-hydrogen) atoms. The smallest absolute Gasteiger partial charge is 0.190 e. The number of aliphatic hydroxyl groups is 1. The van der Waals surface area contributed by atoms with Gasteiger partial charge in [0, 0.05) is 26.4 Å². The van der Waals surface area contributed by atoms with Gasteiger partial charge in [0.1, 0.15) is 11.2 Å². The highest BCUT2D eigenvalue weighted by molar-refractivity contribution is 6.01. The SMILES string of the molecule is O=C1C=C(CCCO)[C@@]2(CCCO2)[C@]2(CCCO2)[C@@]12CCCO2. The normalized spacial score (nSPS) is 43.2. The second-order valence-corrected chi connectivity index (χ2v) is 7.20. The molecule has 0 aromatic carbocycles. The van der Waals surface area contributed by atoms with Crippen molar-refractivity contribution in [2.45, 2.75) is 68.2 Å². The Morgan fingerprint density at radius 1 is 0.957 bits per heavy atom. The molecule has 0 bridgehead atoms. The van der Waals surface area contributed by atoms with E-state index in [0.717, 1.165) is 44.1 Å². The van der Waals surface area contributed by atoms with Crippen LogP contribution in [0.5, 0.6) is 0 Å². The van der Waals surface area contributed by atoms with Crippen molar-refractivity contribution >= 4 is 5.78 Å². The van der Waals surface area contributed by atoms with Crippen LogP contribution in [0.15, 0.2) is 11.6 Å². The fourth-order valence-electron chi connectivity index (χ4n) is 5.36. The van der Waals surface area contributed by atoms with E-state index in [9.17, 15) is 9.90 Å². The Kier molecular flexibility index (Phi) is 3.88. The fraction of sp³-hybridized carbons (Fsp3) is 0.833. The number of hydrogen-bond donors (Lipinski definition) is 1. The van der Waals surface area contributed by atoms with Gasteiger partial charge in [0.15, 0.2) is 11.4 Å². The highest BCUT2D eigenvalue weighted by atomic mass is 16.6. The van der Waals surface area contributed by atoms with E-state index in [1.54, 1.807) is 6.08 Å². The first-order valence-corrected chi connectivity index (χ1v) is 8.99. The topological polar surface area (TPSA) is 65.0 Å². The van der Waals surface area contributed by atoms with Crippen LogP contribution in [0.4, 0.5) is 0 Å². The van der Waals surface area contributed by atoms with Crippen molar-refractivity contribution < 1.29 is 24.1 Å². The molecule has 1 N–H and O–H groups in total. The van der Waals surface area contributed by atoms with E-state index in [1.165, 1.54) is 0 Å². The van der Waals surface area contributed by atoms with Gasteiger partial charge in [0.25, 0.3) is 0 Å². The third kappa shape index (κ3) is 1.91. The molecular formula is C18H26O5. The molecule has 4 aliphatic rings. The van der Waals surface area contributed by atoms with Gasteiger partial charge in [-0.25, -0.2) is 0 Å². The van der Waals surface area contributed by atoms with E-state index in [1.807, 2.05) is 0 Å². The number of ether oxygens (including phenoxy) is 3. The van der Waals surface area contributed by atoms with Crippen molar-refractivity contribution in [3.8, 4) is 0 Å². The zero-order valence-corrected chi connectivity index (χ0v) is 13.6. The summed E-state index contributed by atoms with van der Waals surface area (Å²) in [6.45, 7) is 2.10. The van der Waals surface area contributed by atoms with Gasteiger partial charge in [-0.05, 0) is 63.0 Å². The predicted octanol–water partition coefficient (Wildman–Crippen LogP) is 1.92. The molecule has 3 aliphatic heterocycles. The first-order valence-electron chi connectivity index (χ1n) is 8.99. The van der Waals surface area contributed by atoms with Crippen LogP contribution in [0.3, 0.4) is 0 Å². The highest BCUT2D eigenvalue weighted by Gasteiger charge is 2.73. The number of rotatable bonds is 3. The Bertz CT molecular complexity index is 506. The largest absolute Gasteiger partial charge is 0.396 e. The average molecular weight is 322 g/mol. The maximum Gasteiger partial charge on any atom is 0.190 e. The van der Waals surface area contributed by atoms with Gasteiger partial charge in [-0.15, -0.1) is 0 Å². The molecule has 0 unspecified atom stereocenters. The van der Waals surface area contributed by atoms with Crippen LogP contribution in [0.1, 0.15) is 51.4 Å². The summed E-state index contributed by atoms with van der Waals surface area (Å²) in [6.07, 6.45) is 8.32. The maximum atomic E-state index is 13.1. The van der Waals surface area contributed by atoms with Crippen LogP contribution in [0, 0.1) is 0 Å². The summed E-state index contributed by atoms with van der Waals surface area (Å²) in [7, 11) is 0. The minimum Gasteiger partial charge on any atom is -0.396 e. The zero-order chi connectivity index (χ0) is 16.0. The molecule has 3 atom stereocenters. The van der Waals surface area contributed by atoms with Crippen LogP contribution < -0.4 is 0 Å². The summed E-state index contributed by atoms with van der Waals surface area (Å²) in [5.41, 5.74) is -1.08. The molecule has 0 aromatic rings. The Hall–Kier alpha value is -0.750. The molecule has 3 saturated heterocycles. The summed E-state index contributed by atoms with van der Waals surface area (Å²) in [6, 6.07) is 0. The van der Waals surface area contributed by atoms with E-state index in [-0.39, 0.29) is 12.4 Å². The summed E-state index contributed by atoms with van der Waals surface area (Å²) in [4.78, 5) is 13.1. The van der Waals surface area contributed by atoms with Crippen molar-refractivity contribution in [2.75, 3.05) is 26.4 Å². The molecule has 5 nitrogen and oxygen atoms in total. The summed E-state index contributed by atoms with van der Waals surface area (Å²) >= 11 is 0. The Labute approximate surface area is 137 Å². The predicted molar refractivity (Wildman–Crippen MR) is 83.2 cm³/mol. The highest BCUT2D eigenvalue weighted by Crippen LogP contribution is 2.60. The minimum absolute atomic E-state index is 0.0472. The number of aliphatic hydroxyl groups excluding tert-OH is 1. The summed E-state index contributed by atoms with van der Waals surface area (Å²) in [5, 5.41) is 9.25. The lowest BCUT2D eigenvalue weighted by atomic mass is 9.58. The van der Waals surface area contributed by atoms with Crippen molar-refractivity contribution in [1.29, 1.82) is 0 Å². The van der Waals surface area contributed by atoms with Gasteiger partial charge in [-0.1, -0.05) is 0 Å². The zero-order valence-electron chi connectivity index (χ0n) is 13.6. The monoisotopic (exact) mass is 322 g/mol. The second-order valence-electron chi connectivity index (χ2n) is 7.20. The first kappa shape index (κ1) is 15.8. The number of hydrogen-bond acceptors (Lipinski definition) is 5. The fourth-order valence-corrected chi connectivity index (χ4v) is 5.36. The molecule has 0 saturated carbocycles. The molecular weight excluding hydrogens is 296 g/mol. The molecule has 128 valence electrons. The average Bonchev–Trinajstić information content (AvgIpc) is 3.30. The number of ketones is 1. The van der Waals surface area contributed by atoms with Crippen molar-refractivity contribution in [3.63, 3.8) is 0 Å². The first-order chi connectivity index (χ1) is 11.2. The van der Waals surface area contributed by atoms with Gasteiger partial charge in [-0.2, -0.15) is 0 Å². The molecule has 3 spiro atoms. The third-order valence-corrected chi connectivity index (χ3v) is 6.20. The number of carbonyl (C=O) groups is 1. The third-order valence-electron chi connectivity index (χ3n) is 6.20. The molecule has 0 radical (unpaired) electrons. The van der Waals surface area contributed by atoms with Crippen LogP contribution >= 0.6 is 0 Å². The molecule has 0 amide bonds. The summed E-state index contributed by atoms with van der Waals surface area (Å²) < 4.78 is 18.8. The van der Waals surface area contributed by atoms with Gasteiger partial charge < -0.3 is 19.3 Å². The number of carbonyl (C=O) groups excluding carboxylic acids is 1. The van der Waals surface area contributed by atoms with E-state index in [2.05, 4.69) is 0 Å². The van der Waals surface area contributed by atoms with Crippen LogP contribution in [0.2, 0.25) is 0 Å². The van der Waals surface area contributed by atoms with Gasteiger partial charge in [0.05, 0.1) is 0 Å². The number of fused-ring (bicyclic) bond motifs is 2. The van der Waals surface area contributed by atoms with Crippen LogP contribution in [-0.4, -0.2) is 54.1 Å². The molecule has 3 heterocycles. The summed E-state index contributed by atoms with van der Waals surface area (Å²) in [5.74, 6) is 0.0472. The Morgan fingerprint density at radius 2 is 1.61 bits per heavy atom. The standard InChI is InChI=1S/C18H26O5/c19-9-1-5-14-13-15(20)17(7-3-11-22-17)18(8-4-12-23-18)16(14)6-2-10-21-16/h13,19H,1-12H2/t16-,17+,18+/m0/s1. The molecule has 4 rings (SSSR count). The van der Waals surface area contributed by atoms with E-state index < -0.39 is 16.8 Å². The van der Waals surface area contributed by atoms with E-state index in [4.69, 9.17) is 14.2 Å². The van der Waals surface area contributed by atoms with E-state index in [0.29, 0.717) is 32.7 Å². The molecule has 5 heteroatoms. The van der Waals surface area contributed by atoms with Crippen molar-refractivity contribution in [3.05, 3.63) is 11.6 Å². The van der Waals surface area contributed by atoms with Crippen LogP contribution in [-0.2, 0) is 19.0 Å². The van der Waals surface area contributed by atoms with E-state index >= 15 is 0 Å². The Morgan fingerprint density at radius 3 is 2.17 bits per heavy atom. The maximum absolute atomic E-state index is 13.1. The van der Waals surface area contributed by atoms with Crippen molar-refractivity contribution in [2.24, 2.45) is 0 Å².